The first-order chi connectivity index (χ1) is 16.2. The fourth-order valence-corrected chi connectivity index (χ4v) is 4.57. The minimum atomic E-state index is -0.464. The number of carbonyl (C=O) groups excluding carboxylic acids is 1. The number of nitrogens with zero attached hydrogens (tertiary/aromatic N) is 2. The summed E-state index contributed by atoms with van der Waals surface area (Å²) >= 11 is 30.7. The van der Waals surface area contributed by atoms with E-state index < -0.39 is 5.91 Å². The highest BCUT2D eigenvalue weighted by Crippen LogP contribution is 2.36. The Labute approximate surface area is 220 Å². The van der Waals surface area contributed by atoms with E-state index >= 15 is 0 Å². The highest BCUT2D eigenvalue weighted by atomic mass is 35.5. The molecule has 0 fully saturated rings. The second kappa shape index (κ2) is 10.5. The van der Waals surface area contributed by atoms with Crippen LogP contribution >= 0.6 is 58.0 Å². The summed E-state index contributed by atoms with van der Waals surface area (Å²) in [5.74, 6) is 0.666. The summed E-state index contributed by atoms with van der Waals surface area (Å²) in [5, 5.41) is 9.16. The Bertz CT molecular complexity index is 1320. The zero-order chi connectivity index (χ0) is 24.4. The summed E-state index contributed by atoms with van der Waals surface area (Å²) < 4.78 is 12.9. The Morgan fingerprint density at radius 3 is 2.35 bits per heavy atom. The minimum absolute atomic E-state index is 0.0146. The van der Waals surface area contributed by atoms with Crippen LogP contribution in [0.5, 0.6) is 5.75 Å². The third-order valence-electron chi connectivity index (χ3n) is 4.80. The van der Waals surface area contributed by atoms with Crippen LogP contribution in [0.3, 0.4) is 0 Å². The first kappa shape index (κ1) is 24.8. The lowest BCUT2D eigenvalue weighted by Crippen LogP contribution is -2.12. The second-order valence-corrected chi connectivity index (χ2v) is 9.30. The minimum Gasteiger partial charge on any atom is -0.483 e. The van der Waals surface area contributed by atoms with Crippen molar-refractivity contribution < 1.29 is 13.9 Å². The van der Waals surface area contributed by atoms with Gasteiger partial charge in [-0.3, -0.25) is 9.48 Å². The lowest BCUT2D eigenvalue weighted by molar-refractivity contribution is 0.0992. The molecule has 0 radical (unpaired) electrons. The smallest absolute Gasteiger partial charge is 0.292 e. The van der Waals surface area contributed by atoms with Gasteiger partial charge in [-0.2, -0.15) is 5.10 Å². The van der Waals surface area contributed by atoms with Gasteiger partial charge in [-0.1, -0.05) is 64.1 Å². The van der Waals surface area contributed by atoms with Crippen molar-refractivity contribution in [3.8, 4) is 5.75 Å². The summed E-state index contributed by atoms with van der Waals surface area (Å²) in [6.07, 6.45) is 0. The van der Waals surface area contributed by atoms with Crippen LogP contribution < -0.4 is 10.1 Å². The number of nitrogens with one attached hydrogen (secondary N) is 1. The molecule has 0 saturated heterocycles. The van der Waals surface area contributed by atoms with Gasteiger partial charge in [-0.15, -0.1) is 0 Å². The second-order valence-electron chi connectivity index (χ2n) is 7.24. The van der Waals surface area contributed by atoms with E-state index in [0.29, 0.717) is 33.2 Å². The third kappa shape index (κ3) is 5.65. The van der Waals surface area contributed by atoms with Crippen molar-refractivity contribution in [2.45, 2.75) is 20.1 Å². The molecule has 4 rings (SSSR count). The summed E-state index contributed by atoms with van der Waals surface area (Å²) in [7, 11) is 0. The van der Waals surface area contributed by atoms with Crippen molar-refractivity contribution in [2.24, 2.45) is 0 Å². The Morgan fingerprint density at radius 1 is 1.00 bits per heavy atom. The van der Waals surface area contributed by atoms with E-state index in [4.69, 9.17) is 67.2 Å². The van der Waals surface area contributed by atoms with Crippen LogP contribution in [0.4, 0.5) is 5.82 Å². The highest BCUT2D eigenvalue weighted by molar-refractivity contribution is 6.40. The lowest BCUT2D eigenvalue weighted by Gasteiger charge is -2.09. The van der Waals surface area contributed by atoms with Crippen LogP contribution in [-0.2, 0) is 13.2 Å². The Morgan fingerprint density at radius 2 is 1.68 bits per heavy atom. The summed E-state index contributed by atoms with van der Waals surface area (Å²) in [4.78, 5) is 12.6. The molecule has 0 bridgehead atoms. The number of aromatic nitrogens is 2. The van der Waals surface area contributed by atoms with Gasteiger partial charge in [-0.25, -0.2) is 0 Å². The molecule has 6 nitrogen and oxygen atoms in total. The van der Waals surface area contributed by atoms with Crippen LogP contribution in [0, 0.1) is 6.92 Å². The van der Waals surface area contributed by atoms with Crippen molar-refractivity contribution >= 4 is 69.7 Å². The van der Waals surface area contributed by atoms with Crippen LogP contribution in [0.15, 0.2) is 52.9 Å². The number of aryl methyl sites for hydroxylation is 1. The zero-order valence-corrected chi connectivity index (χ0v) is 21.3. The summed E-state index contributed by atoms with van der Waals surface area (Å²) in [5.41, 5.74) is 1.56. The van der Waals surface area contributed by atoms with Crippen molar-refractivity contribution in [3.05, 3.63) is 96.4 Å². The molecule has 176 valence electrons. The Balaban J connectivity index is 1.41. The van der Waals surface area contributed by atoms with Crippen molar-refractivity contribution in [2.75, 3.05) is 5.32 Å². The van der Waals surface area contributed by atoms with Crippen LogP contribution in [-0.4, -0.2) is 15.7 Å². The molecule has 34 heavy (non-hydrogen) atoms. The third-order valence-corrected chi connectivity index (χ3v) is 6.29. The average molecular weight is 560 g/mol. The fourth-order valence-electron chi connectivity index (χ4n) is 3.13. The number of halogens is 5. The fraction of sp³-hybridized carbons (Fsp3) is 0.130. The SMILES string of the molecule is Cc1cc(NC(=O)c2ccc(COc3c(Cl)cc(Cl)cc3Cl)o2)nn1Cc1c(Cl)cccc1Cl. The summed E-state index contributed by atoms with van der Waals surface area (Å²) in [6, 6.07) is 13.2. The Hall–Kier alpha value is -2.35. The number of furan rings is 1. The van der Waals surface area contributed by atoms with Crippen LogP contribution in [0.1, 0.15) is 27.6 Å². The molecule has 0 unspecified atom stereocenters. The molecule has 2 aromatic carbocycles. The van der Waals surface area contributed by atoms with E-state index in [1.54, 1.807) is 35.0 Å². The molecule has 0 saturated carbocycles. The van der Waals surface area contributed by atoms with Crippen LogP contribution in [0.25, 0.3) is 0 Å². The van der Waals surface area contributed by atoms with Gasteiger partial charge in [-0.05, 0) is 43.3 Å². The largest absolute Gasteiger partial charge is 0.483 e. The predicted molar refractivity (Wildman–Crippen MR) is 135 cm³/mol. The van der Waals surface area contributed by atoms with E-state index in [-0.39, 0.29) is 28.2 Å². The highest BCUT2D eigenvalue weighted by Gasteiger charge is 2.16. The van der Waals surface area contributed by atoms with Gasteiger partial charge in [0.25, 0.3) is 5.91 Å². The molecule has 0 atom stereocenters. The van der Waals surface area contributed by atoms with E-state index in [1.165, 1.54) is 18.2 Å². The number of hydrogen-bond donors (Lipinski definition) is 1. The maximum absolute atomic E-state index is 12.6. The molecule has 0 aliphatic heterocycles. The van der Waals surface area contributed by atoms with Gasteiger partial charge in [0.1, 0.15) is 12.4 Å². The van der Waals surface area contributed by atoms with Gasteiger partial charge >= 0.3 is 0 Å². The topological polar surface area (TPSA) is 69.3 Å². The molecule has 4 aromatic rings. The number of ether oxygens (including phenoxy) is 1. The predicted octanol–water partition coefficient (Wildman–Crippen LogP) is 7.93. The summed E-state index contributed by atoms with van der Waals surface area (Å²) in [6.45, 7) is 2.24. The standard InChI is InChI=1S/C23H16Cl5N3O3/c1-12-7-21(30-31(12)10-15-16(25)3-2-4-17(15)26)29-23(32)20-6-5-14(34-20)11-33-22-18(27)8-13(24)9-19(22)28/h2-9H,10-11H2,1H3,(H,29,30,32). The van der Waals surface area contributed by atoms with Gasteiger partial charge in [0, 0.05) is 32.4 Å². The Kier molecular flexibility index (Phi) is 7.65. The van der Waals surface area contributed by atoms with E-state index in [9.17, 15) is 4.79 Å². The van der Waals surface area contributed by atoms with Gasteiger partial charge in [0.2, 0.25) is 0 Å². The number of hydrogen-bond acceptors (Lipinski definition) is 4. The molecule has 0 aliphatic rings. The first-order valence-electron chi connectivity index (χ1n) is 9.86. The molecule has 0 aliphatic carbocycles. The normalized spacial score (nSPS) is 11.0. The van der Waals surface area contributed by atoms with E-state index in [0.717, 1.165) is 11.3 Å². The molecule has 11 heteroatoms. The molecule has 2 aromatic heterocycles. The van der Waals surface area contributed by atoms with E-state index in [1.807, 2.05) is 6.92 Å². The van der Waals surface area contributed by atoms with Crippen molar-refractivity contribution in [1.82, 2.24) is 9.78 Å². The number of amides is 1. The quantitative estimate of drug-likeness (QED) is 0.250. The molecular weight excluding hydrogens is 544 g/mol. The van der Waals surface area contributed by atoms with E-state index in [2.05, 4.69) is 10.4 Å². The molecule has 2 heterocycles. The molecular formula is C23H16Cl5N3O3. The lowest BCUT2D eigenvalue weighted by atomic mass is 10.2. The van der Waals surface area contributed by atoms with Crippen molar-refractivity contribution in [3.63, 3.8) is 0 Å². The monoisotopic (exact) mass is 557 g/mol. The average Bonchev–Trinajstić information content (AvgIpc) is 3.36. The van der Waals surface area contributed by atoms with Gasteiger partial charge in [0.15, 0.2) is 17.3 Å². The van der Waals surface area contributed by atoms with Gasteiger partial charge in [0.05, 0.1) is 16.6 Å². The number of carbonyl (C=O) groups is 1. The molecule has 0 spiro atoms. The van der Waals surface area contributed by atoms with Gasteiger partial charge < -0.3 is 14.5 Å². The number of anilines is 1. The zero-order valence-electron chi connectivity index (χ0n) is 17.5. The maximum Gasteiger partial charge on any atom is 0.292 e. The number of benzene rings is 2. The van der Waals surface area contributed by atoms with Crippen molar-refractivity contribution in [1.29, 1.82) is 0 Å². The first-order valence-corrected chi connectivity index (χ1v) is 11.7. The number of rotatable bonds is 7. The maximum atomic E-state index is 12.6. The van der Waals surface area contributed by atoms with Crippen LogP contribution in [0.2, 0.25) is 25.1 Å². The molecule has 1 N–H and O–H groups in total. The molecule has 1 amide bonds.